The molecule has 2 aromatic carbocycles. The molecule has 3 heterocycles. The first-order chi connectivity index (χ1) is 16.5. The fraction of sp³-hybridized carbons (Fsp3) is 0.125. The number of thiophene rings is 1. The lowest BCUT2D eigenvalue weighted by Crippen LogP contribution is -2.24. The van der Waals surface area contributed by atoms with Crippen LogP contribution in [-0.4, -0.2) is 25.7 Å². The van der Waals surface area contributed by atoms with E-state index >= 15 is 0 Å². The first-order valence-electron chi connectivity index (χ1n) is 10.4. The number of carbonyl (C=O) groups excluding carboxylic acids is 1. The second kappa shape index (κ2) is 9.24. The summed E-state index contributed by atoms with van der Waals surface area (Å²) < 4.78 is 7.42. The number of thioether (sulfide) groups is 1. The minimum atomic E-state index is -0.567. The highest BCUT2D eigenvalue weighted by molar-refractivity contribution is 7.98. The lowest BCUT2D eigenvalue weighted by Gasteiger charge is -2.11. The Kier molecular flexibility index (Phi) is 5.99. The first kappa shape index (κ1) is 22.1. The van der Waals surface area contributed by atoms with Crippen LogP contribution < -0.4 is 11.3 Å². The van der Waals surface area contributed by atoms with Crippen LogP contribution in [0.2, 0.25) is 0 Å². The second-order valence-corrected chi connectivity index (χ2v) is 9.47. The van der Waals surface area contributed by atoms with Gasteiger partial charge in [-0.05, 0) is 30.2 Å². The number of hydrogen-bond acceptors (Lipinski definition) is 8. The number of nitrogens with zero attached hydrogens (tertiary/aromatic N) is 4. The van der Waals surface area contributed by atoms with Gasteiger partial charge in [-0.15, -0.1) is 21.5 Å². The van der Waals surface area contributed by atoms with Gasteiger partial charge < -0.3 is 10.2 Å². The SMILES string of the molecule is Cc1c(C(N)=O)sc2nc(SCc3nnc(-c4ccccc4)o3)n(Cc3ccccc3)c(=O)c12. The Morgan fingerprint density at radius 3 is 2.50 bits per heavy atom. The number of hydrogen-bond donors (Lipinski definition) is 1. The van der Waals surface area contributed by atoms with Crippen LogP contribution in [0.1, 0.15) is 26.7 Å². The van der Waals surface area contributed by atoms with E-state index in [0.29, 0.717) is 49.9 Å². The fourth-order valence-corrected chi connectivity index (χ4v) is 5.49. The van der Waals surface area contributed by atoms with Crippen molar-refractivity contribution in [1.82, 2.24) is 19.7 Å². The van der Waals surface area contributed by atoms with Crippen molar-refractivity contribution in [3.63, 3.8) is 0 Å². The summed E-state index contributed by atoms with van der Waals surface area (Å²) in [6.07, 6.45) is 0. The number of fused-ring (bicyclic) bond motifs is 1. The highest BCUT2D eigenvalue weighted by atomic mass is 32.2. The van der Waals surface area contributed by atoms with Crippen LogP contribution >= 0.6 is 23.1 Å². The quantitative estimate of drug-likeness (QED) is 0.268. The predicted molar refractivity (Wildman–Crippen MR) is 132 cm³/mol. The topological polar surface area (TPSA) is 117 Å². The number of primary amides is 1. The van der Waals surface area contributed by atoms with Gasteiger partial charge in [0.2, 0.25) is 11.8 Å². The van der Waals surface area contributed by atoms with Crippen LogP contribution in [0.25, 0.3) is 21.7 Å². The molecule has 10 heteroatoms. The lowest BCUT2D eigenvalue weighted by molar-refractivity contribution is 0.100. The zero-order valence-corrected chi connectivity index (χ0v) is 19.7. The standard InChI is InChI=1S/C24H19N5O3S2/c1-14-18-22(34-19(14)20(25)30)26-24(29(23(18)31)12-15-8-4-2-5-9-15)33-13-17-27-28-21(32-17)16-10-6-3-7-11-16/h2-11H,12-13H2,1H3,(H2,25,30). The zero-order chi connectivity index (χ0) is 23.7. The largest absolute Gasteiger partial charge is 0.420 e. The van der Waals surface area contributed by atoms with Crippen molar-refractivity contribution >= 4 is 39.2 Å². The maximum absolute atomic E-state index is 13.5. The Balaban J connectivity index is 1.52. The van der Waals surface area contributed by atoms with E-state index in [9.17, 15) is 9.59 Å². The predicted octanol–water partition coefficient (Wildman–Crippen LogP) is 4.26. The lowest BCUT2D eigenvalue weighted by atomic mass is 10.2. The van der Waals surface area contributed by atoms with E-state index in [1.54, 1.807) is 11.5 Å². The molecule has 5 rings (SSSR count). The molecule has 8 nitrogen and oxygen atoms in total. The fourth-order valence-electron chi connectivity index (χ4n) is 3.58. The van der Waals surface area contributed by atoms with Gasteiger partial charge in [-0.1, -0.05) is 60.3 Å². The van der Waals surface area contributed by atoms with Crippen molar-refractivity contribution in [1.29, 1.82) is 0 Å². The molecule has 0 radical (unpaired) electrons. The second-order valence-electron chi connectivity index (χ2n) is 7.53. The van der Waals surface area contributed by atoms with E-state index in [1.165, 1.54) is 11.8 Å². The molecule has 0 atom stereocenters. The van der Waals surface area contributed by atoms with E-state index in [-0.39, 0.29) is 5.56 Å². The van der Waals surface area contributed by atoms with Gasteiger partial charge in [0, 0.05) is 5.56 Å². The van der Waals surface area contributed by atoms with Gasteiger partial charge in [0.1, 0.15) is 4.83 Å². The summed E-state index contributed by atoms with van der Waals surface area (Å²) in [5.74, 6) is 0.619. The summed E-state index contributed by atoms with van der Waals surface area (Å²) >= 11 is 2.46. The molecule has 1 amide bonds. The maximum Gasteiger partial charge on any atom is 0.263 e. The van der Waals surface area contributed by atoms with Gasteiger partial charge in [-0.25, -0.2) is 4.98 Å². The van der Waals surface area contributed by atoms with Gasteiger partial charge in [0.25, 0.3) is 11.5 Å². The normalized spacial score (nSPS) is 11.2. The van der Waals surface area contributed by atoms with Gasteiger partial charge in [-0.2, -0.15) is 0 Å². The summed E-state index contributed by atoms with van der Waals surface area (Å²) in [6, 6.07) is 19.2. The minimum absolute atomic E-state index is 0.215. The van der Waals surface area contributed by atoms with Gasteiger partial charge in [-0.3, -0.25) is 14.2 Å². The highest BCUT2D eigenvalue weighted by Crippen LogP contribution is 2.30. The van der Waals surface area contributed by atoms with E-state index in [0.717, 1.165) is 22.5 Å². The molecule has 2 N–H and O–H groups in total. The summed E-state index contributed by atoms with van der Waals surface area (Å²) in [7, 11) is 0. The molecule has 0 aliphatic rings. The molecule has 0 bridgehead atoms. The molecule has 0 spiro atoms. The third kappa shape index (κ3) is 4.25. The van der Waals surface area contributed by atoms with Crippen molar-refractivity contribution in [3.05, 3.63) is 92.9 Å². The van der Waals surface area contributed by atoms with E-state index in [2.05, 4.69) is 10.2 Å². The van der Waals surface area contributed by atoms with Crippen molar-refractivity contribution in [2.24, 2.45) is 5.73 Å². The number of carbonyl (C=O) groups is 1. The third-order valence-corrected chi connectivity index (χ3v) is 7.40. The number of nitrogens with two attached hydrogens (primary N) is 1. The number of aromatic nitrogens is 4. The molecular weight excluding hydrogens is 470 g/mol. The molecule has 0 unspecified atom stereocenters. The monoisotopic (exact) mass is 489 g/mol. The van der Waals surface area contributed by atoms with Crippen molar-refractivity contribution in [2.75, 3.05) is 0 Å². The Bertz CT molecular complexity index is 1540. The maximum atomic E-state index is 13.5. The summed E-state index contributed by atoms with van der Waals surface area (Å²) in [4.78, 5) is 30.9. The Hall–Kier alpha value is -3.76. The zero-order valence-electron chi connectivity index (χ0n) is 18.1. The van der Waals surface area contributed by atoms with Crippen LogP contribution in [-0.2, 0) is 12.3 Å². The van der Waals surface area contributed by atoms with Crippen molar-refractivity contribution in [2.45, 2.75) is 24.4 Å². The summed E-state index contributed by atoms with van der Waals surface area (Å²) in [5, 5.41) is 9.18. The smallest absolute Gasteiger partial charge is 0.263 e. The molecule has 0 aliphatic heterocycles. The molecule has 3 aromatic heterocycles. The van der Waals surface area contributed by atoms with Crippen LogP contribution in [0, 0.1) is 6.92 Å². The summed E-state index contributed by atoms with van der Waals surface area (Å²) in [6.45, 7) is 2.07. The molecular formula is C24H19N5O3S2. The Morgan fingerprint density at radius 1 is 1.09 bits per heavy atom. The first-order valence-corrected chi connectivity index (χ1v) is 12.2. The number of benzene rings is 2. The van der Waals surface area contributed by atoms with E-state index in [1.807, 2.05) is 60.7 Å². The average molecular weight is 490 g/mol. The average Bonchev–Trinajstić information content (AvgIpc) is 3.46. The molecule has 170 valence electrons. The third-order valence-electron chi connectivity index (χ3n) is 5.23. The summed E-state index contributed by atoms with van der Waals surface area (Å²) in [5.41, 5.74) is 7.65. The minimum Gasteiger partial charge on any atom is -0.420 e. The highest BCUT2D eigenvalue weighted by Gasteiger charge is 2.21. The van der Waals surface area contributed by atoms with Gasteiger partial charge >= 0.3 is 0 Å². The molecule has 0 aliphatic carbocycles. The van der Waals surface area contributed by atoms with E-state index in [4.69, 9.17) is 15.1 Å². The number of amides is 1. The van der Waals surface area contributed by atoms with Crippen LogP contribution in [0.4, 0.5) is 0 Å². The molecule has 34 heavy (non-hydrogen) atoms. The van der Waals surface area contributed by atoms with Gasteiger partial charge in [0.05, 0.1) is 22.6 Å². The molecule has 5 aromatic rings. The molecule has 0 fully saturated rings. The number of rotatable bonds is 7. The van der Waals surface area contributed by atoms with Crippen LogP contribution in [0.3, 0.4) is 0 Å². The van der Waals surface area contributed by atoms with Crippen molar-refractivity contribution in [3.8, 4) is 11.5 Å². The van der Waals surface area contributed by atoms with Crippen LogP contribution in [0.5, 0.6) is 0 Å². The van der Waals surface area contributed by atoms with Gasteiger partial charge in [0.15, 0.2) is 5.16 Å². The van der Waals surface area contributed by atoms with Crippen LogP contribution in [0.15, 0.2) is 75.0 Å². The Labute approximate surface area is 202 Å². The Morgan fingerprint density at radius 2 is 1.79 bits per heavy atom. The number of aryl methyl sites for hydroxylation is 1. The molecule has 0 saturated heterocycles. The molecule has 0 saturated carbocycles. The van der Waals surface area contributed by atoms with E-state index < -0.39 is 5.91 Å². The van der Waals surface area contributed by atoms with Crippen molar-refractivity contribution < 1.29 is 9.21 Å².